The Hall–Kier alpha value is 0.0969. The van der Waals surface area contributed by atoms with Crippen LogP contribution in [0.3, 0.4) is 0 Å². The van der Waals surface area contributed by atoms with E-state index in [0.717, 1.165) is 26.2 Å². The first-order chi connectivity index (χ1) is 7.26. The van der Waals surface area contributed by atoms with Crippen LogP contribution in [0.15, 0.2) is 0 Å². The van der Waals surface area contributed by atoms with E-state index in [1.807, 2.05) is 7.11 Å². The zero-order valence-electron chi connectivity index (χ0n) is 10.3. The van der Waals surface area contributed by atoms with Crippen molar-refractivity contribution < 1.29 is 13.9 Å². The Kier molecular flexibility index (Phi) is 5.82. The molecule has 0 aromatic heterocycles. The molecule has 0 saturated carbocycles. The van der Waals surface area contributed by atoms with Crippen molar-refractivity contribution in [1.82, 2.24) is 0 Å². The molecule has 1 aliphatic heterocycles. The van der Waals surface area contributed by atoms with Crippen molar-refractivity contribution in [1.29, 1.82) is 0 Å². The van der Waals surface area contributed by atoms with Crippen LogP contribution >= 0.6 is 0 Å². The Bertz CT molecular complexity index is 159. The lowest BCUT2D eigenvalue weighted by Gasteiger charge is -2.27. The second-order valence-electron chi connectivity index (χ2n) is 4.23. The van der Waals surface area contributed by atoms with Crippen molar-refractivity contribution in [3.8, 4) is 0 Å². The minimum absolute atomic E-state index is 0.395. The van der Waals surface area contributed by atoms with Crippen LogP contribution in [0.5, 0.6) is 0 Å². The first kappa shape index (κ1) is 13.2. The molecule has 1 unspecified atom stereocenters. The van der Waals surface area contributed by atoms with Crippen LogP contribution < -0.4 is 0 Å². The topological polar surface area (TPSA) is 31.0 Å². The molecule has 0 radical (unpaired) electrons. The maximum Gasteiger partial charge on any atom is 0.191 e. The molecule has 0 amide bonds. The van der Waals surface area contributed by atoms with Crippen LogP contribution in [0.1, 0.15) is 20.3 Å². The van der Waals surface area contributed by atoms with E-state index in [9.17, 15) is 0 Å². The van der Waals surface area contributed by atoms with E-state index in [0.29, 0.717) is 6.10 Å². The van der Waals surface area contributed by atoms with E-state index in [4.69, 9.17) is 13.9 Å². The molecule has 0 aliphatic carbocycles. The van der Waals surface area contributed by atoms with E-state index >= 15 is 0 Å². The van der Waals surface area contributed by atoms with Crippen molar-refractivity contribution >= 4 is 8.32 Å². The summed E-state index contributed by atoms with van der Waals surface area (Å²) in [6.07, 6.45) is 1.53. The molecule has 15 heavy (non-hydrogen) atoms. The molecule has 1 rings (SSSR count). The van der Waals surface area contributed by atoms with E-state index in [-0.39, 0.29) is 0 Å². The van der Waals surface area contributed by atoms with Crippen molar-refractivity contribution in [2.75, 3.05) is 26.9 Å². The normalized spacial score (nSPS) is 20.6. The number of rotatable bonds is 9. The number of ether oxygens (including phenoxy) is 2. The Labute approximate surface area is 94.2 Å². The molecule has 4 heteroatoms. The van der Waals surface area contributed by atoms with Crippen molar-refractivity contribution in [3.63, 3.8) is 0 Å². The second-order valence-corrected chi connectivity index (χ2v) is 8.92. The molecular weight excluding hydrogens is 208 g/mol. The summed E-state index contributed by atoms with van der Waals surface area (Å²) in [5.41, 5.74) is 0. The van der Waals surface area contributed by atoms with Crippen LogP contribution in [0.25, 0.3) is 0 Å². The molecule has 1 atom stereocenters. The van der Waals surface area contributed by atoms with Gasteiger partial charge in [0.05, 0.1) is 13.2 Å². The zero-order chi connectivity index (χ0) is 11.1. The highest BCUT2D eigenvalue weighted by Gasteiger charge is 2.29. The minimum atomic E-state index is -1.39. The van der Waals surface area contributed by atoms with Gasteiger partial charge in [0, 0.05) is 13.7 Å². The standard InChI is InChI=1S/C11H24O3Si/c1-4-15(5-2,12-3)8-6-7-13-9-11-10-14-11/h11H,4-10H2,1-3H3. The lowest BCUT2D eigenvalue weighted by molar-refractivity contribution is 0.116. The van der Waals surface area contributed by atoms with Crippen molar-refractivity contribution in [3.05, 3.63) is 0 Å². The first-order valence-electron chi connectivity index (χ1n) is 6.01. The summed E-state index contributed by atoms with van der Waals surface area (Å²) < 4.78 is 16.3. The van der Waals surface area contributed by atoms with Crippen LogP contribution in [-0.2, 0) is 13.9 Å². The second kappa shape index (κ2) is 6.63. The third-order valence-corrected chi connectivity index (χ3v) is 8.06. The predicted molar refractivity (Wildman–Crippen MR) is 63.7 cm³/mol. The molecule has 0 N–H and O–H groups in total. The quantitative estimate of drug-likeness (QED) is 0.347. The molecule has 0 aromatic rings. The predicted octanol–water partition coefficient (Wildman–Crippen LogP) is 2.42. The summed E-state index contributed by atoms with van der Waals surface area (Å²) >= 11 is 0. The molecule has 1 saturated heterocycles. The highest BCUT2D eigenvalue weighted by atomic mass is 28.4. The van der Waals surface area contributed by atoms with Crippen molar-refractivity contribution in [2.24, 2.45) is 0 Å². The van der Waals surface area contributed by atoms with Gasteiger partial charge in [-0.05, 0) is 24.6 Å². The van der Waals surface area contributed by atoms with Gasteiger partial charge in [-0.25, -0.2) is 0 Å². The van der Waals surface area contributed by atoms with Gasteiger partial charge in [-0.3, -0.25) is 0 Å². The maximum atomic E-state index is 5.73. The minimum Gasteiger partial charge on any atom is -0.420 e. The van der Waals surface area contributed by atoms with E-state index in [1.54, 1.807) is 0 Å². The van der Waals surface area contributed by atoms with Gasteiger partial charge in [0.2, 0.25) is 0 Å². The third kappa shape index (κ3) is 4.63. The third-order valence-electron chi connectivity index (χ3n) is 3.35. The van der Waals surface area contributed by atoms with Gasteiger partial charge in [-0.1, -0.05) is 13.8 Å². The number of hydrogen-bond donors (Lipinski definition) is 0. The molecule has 0 spiro atoms. The summed E-state index contributed by atoms with van der Waals surface area (Å²) in [5, 5.41) is 0. The fourth-order valence-corrected chi connectivity index (χ4v) is 4.65. The Balaban J connectivity index is 2.04. The summed E-state index contributed by atoms with van der Waals surface area (Å²) in [6, 6.07) is 3.65. The Morgan fingerprint density at radius 1 is 1.33 bits per heavy atom. The molecular formula is C11H24O3Si. The van der Waals surface area contributed by atoms with Crippen LogP contribution in [0, 0.1) is 0 Å². The first-order valence-corrected chi connectivity index (χ1v) is 8.54. The average molecular weight is 232 g/mol. The van der Waals surface area contributed by atoms with Gasteiger partial charge >= 0.3 is 0 Å². The number of epoxide rings is 1. The van der Waals surface area contributed by atoms with Crippen LogP contribution in [0.2, 0.25) is 18.1 Å². The highest BCUT2D eigenvalue weighted by Crippen LogP contribution is 2.22. The van der Waals surface area contributed by atoms with Crippen LogP contribution in [0.4, 0.5) is 0 Å². The highest BCUT2D eigenvalue weighted by molar-refractivity contribution is 6.73. The van der Waals surface area contributed by atoms with Gasteiger partial charge in [0.1, 0.15) is 6.10 Å². The van der Waals surface area contributed by atoms with Gasteiger partial charge in [0.15, 0.2) is 8.32 Å². The van der Waals surface area contributed by atoms with Gasteiger partial charge in [-0.2, -0.15) is 0 Å². The molecule has 1 heterocycles. The molecule has 0 bridgehead atoms. The zero-order valence-corrected chi connectivity index (χ0v) is 11.3. The molecule has 0 aromatic carbocycles. The van der Waals surface area contributed by atoms with Gasteiger partial charge in [0.25, 0.3) is 0 Å². The Morgan fingerprint density at radius 3 is 2.47 bits per heavy atom. The summed E-state index contributed by atoms with van der Waals surface area (Å²) in [5.74, 6) is 0. The lowest BCUT2D eigenvalue weighted by atomic mass is 10.5. The molecule has 1 aliphatic rings. The molecule has 1 fully saturated rings. The monoisotopic (exact) mass is 232 g/mol. The largest absolute Gasteiger partial charge is 0.420 e. The van der Waals surface area contributed by atoms with Gasteiger partial charge in [-0.15, -0.1) is 0 Å². The lowest BCUT2D eigenvalue weighted by Crippen LogP contribution is -2.35. The molecule has 3 nitrogen and oxygen atoms in total. The van der Waals surface area contributed by atoms with Gasteiger partial charge < -0.3 is 13.9 Å². The SMILES string of the molecule is CC[Si](CC)(CCCOCC1CO1)OC. The summed E-state index contributed by atoms with van der Waals surface area (Å²) in [4.78, 5) is 0. The number of hydrogen-bond acceptors (Lipinski definition) is 3. The van der Waals surface area contributed by atoms with Crippen molar-refractivity contribution in [2.45, 2.75) is 44.5 Å². The van der Waals surface area contributed by atoms with E-state index in [1.165, 1.54) is 18.1 Å². The summed E-state index contributed by atoms with van der Waals surface area (Å²) in [7, 11) is 0.483. The fourth-order valence-electron chi connectivity index (χ4n) is 1.87. The van der Waals surface area contributed by atoms with E-state index < -0.39 is 8.32 Å². The fraction of sp³-hybridized carbons (Fsp3) is 1.00. The molecule has 90 valence electrons. The smallest absolute Gasteiger partial charge is 0.191 e. The Morgan fingerprint density at radius 2 is 2.00 bits per heavy atom. The van der Waals surface area contributed by atoms with Crippen LogP contribution in [-0.4, -0.2) is 41.4 Å². The maximum absolute atomic E-state index is 5.73. The van der Waals surface area contributed by atoms with E-state index in [2.05, 4.69) is 13.8 Å². The summed E-state index contributed by atoms with van der Waals surface area (Å²) in [6.45, 7) is 7.02. The average Bonchev–Trinajstić information content (AvgIpc) is 3.08.